The van der Waals surface area contributed by atoms with Gasteiger partial charge in [-0.15, -0.1) is 0 Å². The van der Waals surface area contributed by atoms with E-state index in [0.717, 1.165) is 5.56 Å². The molecule has 1 unspecified atom stereocenters. The molecule has 0 heterocycles. The third-order valence-electron chi connectivity index (χ3n) is 3.21. The predicted molar refractivity (Wildman–Crippen MR) is 82.0 cm³/mol. The van der Waals surface area contributed by atoms with Crippen LogP contribution in [-0.4, -0.2) is 36.1 Å². The van der Waals surface area contributed by atoms with Crippen LogP contribution in [0.1, 0.15) is 36.2 Å². The number of nitrogens with one attached hydrogen (secondary N) is 2. The molecule has 0 radical (unpaired) electrons. The number of aliphatic hydroxyl groups excluding tert-OH is 1. The van der Waals surface area contributed by atoms with Crippen molar-refractivity contribution in [2.24, 2.45) is 5.92 Å². The fourth-order valence-corrected chi connectivity index (χ4v) is 1.68. The standard InChI is InChI=1S/C16H24N2O3/c1-11(2)14(19)10-15(20)17-8-9-18-16(21)13-6-4-12(3)5-7-13/h4-7,11,14,19H,8-10H2,1-3H3,(H,17,20)(H,18,21). The number of benzene rings is 1. The monoisotopic (exact) mass is 292 g/mol. The first-order valence-corrected chi connectivity index (χ1v) is 7.19. The highest BCUT2D eigenvalue weighted by Gasteiger charge is 2.13. The molecule has 1 atom stereocenters. The number of carbonyl (C=O) groups is 2. The summed E-state index contributed by atoms with van der Waals surface area (Å²) in [7, 11) is 0. The molecule has 5 heteroatoms. The molecule has 21 heavy (non-hydrogen) atoms. The zero-order chi connectivity index (χ0) is 15.8. The molecule has 0 aromatic heterocycles. The van der Waals surface area contributed by atoms with Crippen molar-refractivity contribution >= 4 is 11.8 Å². The van der Waals surface area contributed by atoms with Crippen LogP contribution in [0.25, 0.3) is 0 Å². The van der Waals surface area contributed by atoms with E-state index in [1.165, 1.54) is 0 Å². The molecule has 0 saturated carbocycles. The van der Waals surface area contributed by atoms with Crippen molar-refractivity contribution in [3.63, 3.8) is 0 Å². The lowest BCUT2D eigenvalue weighted by molar-refractivity contribution is -0.123. The minimum Gasteiger partial charge on any atom is -0.392 e. The Morgan fingerprint density at radius 1 is 1.10 bits per heavy atom. The van der Waals surface area contributed by atoms with Crippen LogP contribution in [0.5, 0.6) is 0 Å². The van der Waals surface area contributed by atoms with E-state index in [-0.39, 0.29) is 24.2 Å². The van der Waals surface area contributed by atoms with Gasteiger partial charge in [0.05, 0.1) is 12.5 Å². The fraction of sp³-hybridized carbons (Fsp3) is 0.500. The molecule has 0 spiro atoms. The highest BCUT2D eigenvalue weighted by Crippen LogP contribution is 2.04. The van der Waals surface area contributed by atoms with Crippen molar-refractivity contribution in [1.82, 2.24) is 10.6 Å². The van der Waals surface area contributed by atoms with Gasteiger partial charge in [0, 0.05) is 18.7 Å². The van der Waals surface area contributed by atoms with Gasteiger partial charge in [0.15, 0.2) is 0 Å². The topological polar surface area (TPSA) is 78.4 Å². The average Bonchev–Trinajstić information content (AvgIpc) is 2.44. The fourth-order valence-electron chi connectivity index (χ4n) is 1.68. The summed E-state index contributed by atoms with van der Waals surface area (Å²) in [6.07, 6.45) is -0.545. The molecule has 0 fully saturated rings. The lowest BCUT2D eigenvalue weighted by atomic mass is 10.0. The van der Waals surface area contributed by atoms with E-state index in [4.69, 9.17) is 0 Å². The van der Waals surface area contributed by atoms with E-state index in [2.05, 4.69) is 10.6 Å². The summed E-state index contributed by atoms with van der Waals surface area (Å²) in [4.78, 5) is 23.3. The van der Waals surface area contributed by atoms with Gasteiger partial charge in [-0.25, -0.2) is 0 Å². The molecule has 0 bridgehead atoms. The van der Waals surface area contributed by atoms with Crippen LogP contribution in [0, 0.1) is 12.8 Å². The molecule has 0 saturated heterocycles. The van der Waals surface area contributed by atoms with E-state index < -0.39 is 6.10 Å². The first-order valence-electron chi connectivity index (χ1n) is 7.19. The van der Waals surface area contributed by atoms with Crippen LogP contribution in [0.2, 0.25) is 0 Å². The van der Waals surface area contributed by atoms with E-state index in [1.54, 1.807) is 12.1 Å². The highest BCUT2D eigenvalue weighted by molar-refractivity contribution is 5.94. The number of carbonyl (C=O) groups excluding carboxylic acids is 2. The minimum atomic E-state index is -0.632. The number of aryl methyl sites for hydroxylation is 1. The second kappa shape index (κ2) is 8.42. The Morgan fingerprint density at radius 3 is 2.24 bits per heavy atom. The highest BCUT2D eigenvalue weighted by atomic mass is 16.3. The van der Waals surface area contributed by atoms with Crippen molar-refractivity contribution in [3.8, 4) is 0 Å². The summed E-state index contributed by atoms with van der Waals surface area (Å²) < 4.78 is 0. The Labute approximate surface area is 125 Å². The first-order chi connectivity index (χ1) is 9.90. The molecule has 5 nitrogen and oxygen atoms in total. The quantitative estimate of drug-likeness (QED) is 0.662. The zero-order valence-corrected chi connectivity index (χ0v) is 12.8. The van der Waals surface area contributed by atoms with Gasteiger partial charge < -0.3 is 15.7 Å². The van der Waals surface area contributed by atoms with Gasteiger partial charge in [-0.05, 0) is 25.0 Å². The van der Waals surface area contributed by atoms with Crippen LogP contribution in [0.4, 0.5) is 0 Å². The Hall–Kier alpha value is -1.88. The lowest BCUT2D eigenvalue weighted by Gasteiger charge is -2.14. The second-order valence-corrected chi connectivity index (χ2v) is 5.49. The van der Waals surface area contributed by atoms with Crippen LogP contribution >= 0.6 is 0 Å². The minimum absolute atomic E-state index is 0.0528. The van der Waals surface area contributed by atoms with Gasteiger partial charge in [-0.2, -0.15) is 0 Å². The van der Waals surface area contributed by atoms with Gasteiger partial charge in [0.25, 0.3) is 5.91 Å². The number of hydrogen-bond acceptors (Lipinski definition) is 3. The molecule has 116 valence electrons. The molecule has 1 aromatic rings. The maximum atomic E-state index is 11.8. The molecule has 3 N–H and O–H groups in total. The van der Waals surface area contributed by atoms with Crippen molar-refractivity contribution < 1.29 is 14.7 Å². The van der Waals surface area contributed by atoms with E-state index in [1.807, 2.05) is 32.9 Å². The number of aliphatic hydroxyl groups is 1. The third kappa shape index (κ3) is 6.40. The predicted octanol–water partition coefficient (Wildman–Crippen LogP) is 1.25. The van der Waals surface area contributed by atoms with Crippen LogP contribution < -0.4 is 10.6 Å². The van der Waals surface area contributed by atoms with Crippen LogP contribution in [0.15, 0.2) is 24.3 Å². The van der Waals surface area contributed by atoms with Crippen LogP contribution in [-0.2, 0) is 4.79 Å². The molecule has 0 aliphatic rings. The van der Waals surface area contributed by atoms with Gasteiger partial charge in [0.2, 0.25) is 5.91 Å². The maximum Gasteiger partial charge on any atom is 0.251 e. The first kappa shape index (κ1) is 17.2. The summed E-state index contributed by atoms with van der Waals surface area (Å²) >= 11 is 0. The molecular formula is C16H24N2O3. The molecule has 0 aliphatic carbocycles. The SMILES string of the molecule is Cc1ccc(C(=O)NCCNC(=O)CC(O)C(C)C)cc1. The van der Waals surface area contributed by atoms with Crippen molar-refractivity contribution in [2.45, 2.75) is 33.3 Å². The summed E-state index contributed by atoms with van der Waals surface area (Å²) in [6.45, 7) is 6.39. The summed E-state index contributed by atoms with van der Waals surface area (Å²) in [6, 6.07) is 7.29. The Bertz CT molecular complexity index is 469. The molecular weight excluding hydrogens is 268 g/mol. The zero-order valence-electron chi connectivity index (χ0n) is 12.8. The molecule has 1 rings (SSSR count). The van der Waals surface area contributed by atoms with Gasteiger partial charge in [-0.1, -0.05) is 31.5 Å². The Kier molecular flexibility index (Phi) is 6.88. The summed E-state index contributed by atoms with van der Waals surface area (Å²) in [5.41, 5.74) is 1.70. The maximum absolute atomic E-state index is 11.8. The van der Waals surface area contributed by atoms with Crippen LogP contribution in [0.3, 0.4) is 0 Å². The van der Waals surface area contributed by atoms with E-state index in [9.17, 15) is 14.7 Å². The molecule has 1 aromatic carbocycles. The average molecular weight is 292 g/mol. The Morgan fingerprint density at radius 2 is 1.67 bits per heavy atom. The largest absolute Gasteiger partial charge is 0.392 e. The van der Waals surface area contributed by atoms with Gasteiger partial charge >= 0.3 is 0 Å². The van der Waals surface area contributed by atoms with Gasteiger partial charge in [0.1, 0.15) is 0 Å². The third-order valence-corrected chi connectivity index (χ3v) is 3.21. The number of hydrogen-bond donors (Lipinski definition) is 3. The normalized spacial score (nSPS) is 12.0. The number of amides is 2. The summed E-state index contributed by atoms with van der Waals surface area (Å²) in [5.74, 6) is -0.316. The lowest BCUT2D eigenvalue weighted by Crippen LogP contribution is -2.36. The molecule has 0 aliphatic heterocycles. The van der Waals surface area contributed by atoms with Crippen molar-refractivity contribution in [2.75, 3.05) is 13.1 Å². The second-order valence-electron chi connectivity index (χ2n) is 5.49. The number of rotatable bonds is 7. The van der Waals surface area contributed by atoms with Crippen molar-refractivity contribution in [1.29, 1.82) is 0 Å². The Balaban J connectivity index is 2.23. The van der Waals surface area contributed by atoms with Gasteiger partial charge in [-0.3, -0.25) is 9.59 Å². The smallest absolute Gasteiger partial charge is 0.251 e. The van der Waals surface area contributed by atoms with Crippen molar-refractivity contribution in [3.05, 3.63) is 35.4 Å². The van der Waals surface area contributed by atoms with E-state index >= 15 is 0 Å². The van der Waals surface area contributed by atoms with E-state index in [0.29, 0.717) is 18.7 Å². The summed E-state index contributed by atoms with van der Waals surface area (Å²) in [5, 5.41) is 15.0. The molecule has 2 amide bonds.